The number of rotatable bonds is 3. The van der Waals surface area contributed by atoms with E-state index in [1.807, 2.05) is 24.3 Å². The van der Waals surface area contributed by atoms with Crippen LogP contribution in [0.2, 0.25) is 0 Å². The molecule has 0 N–H and O–H groups in total. The van der Waals surface area contributed by atoms with Gasteiger partial charge in [-0.2, -0.15) is 10.1 Å². The first-order valence-corrected chi connectivity index (χ1v) is 8.76. The van der Waals surface area contributed by atoms with Crippen LogP contribution in [0.25, 0.3) is 0 Å². The molecule has 1 aromatic carbocycles. The Bertz CT molecular complexity index is 815. The molecule has 3 heterocycles. The molecular weight excluding hydrogens is 318 g/mol. The van der Waals surface area contributed by atoms with E-state index in [4.69, 9.17) is 0 Å². The average molecular weight is 339 g/mol. The predicted octanol–water partition coefficient (Wildman–Crippen LogP) is 1.63. The van der Waals surface area contributed by atoms with Gasteiger partial charge < -0.3 is 4.90 Å². The lowest BCUT2D eigenvalue weighted by atomic mass is 10.1. The minimum atomic E-state index is -0.333. The fourth-order valence-corrected chi connectivity index (χ4v) is 3.71. The number of fused-ring (bicyclic) bond motifs is 1. The number of carbonyl (C=O) groups excluding carboxylic acids is 2. The first kappa shape index (κ1) is 15.8. The molecule has 0 aliphatic carbocycles. The number of aromatic nitrogens is 3. The van der Waals surface area contributed by atoms with Gasteiger partial charge >= 0.3 is 0 Å². The molecule has 0 spiro atoms. The molecule has 130 valence electrons. The Kier molecular flexibility index (Phi) is 3.99. The van der Waals surface area contributed by atoms with Crippen LogP contribution in [-0.2, 0) is 22.6 Å². The van der Waals surface area contributed by atoms with Crippen LogP contribution in [0.4, 0.5) is 11.6 Å². The summed E-state index contributed by atoms with van der Waals surface area (Å²) in [7, 11) is 0. The molecule has 0 unspecified atom stereocenters. The Morgan fingerprint density at radius 3 is 2.96 bits per heavy atom. The summed E-state index contributed by atoms with van der Waals surface area (Å²) in [5, 5.41) is 4.15. The number of carbonyl (C=O) groups is 2. The fraction of sp³-hybridized carbons (Fsp3) is 0.444. The third-order valence-corrected chi connectivity index (χ3v) is 4.99. The molecule has 0 bridgehead atoms. The summed E-state index contributed by atoms with van der Waals surface area (Å²) >= 11 is 0. The molecule has 4 rings (SSSR count). The molecule has 1 atom stereocenters. The summed E-state index contributed by atoms with van der Waals surface area (Å²) in [5.74, 6) is 0.244. The minimum absolute atomic E-state index is 0.0118. The first-order valence-electron chi connectivity index (χ1n) is 8.76. The zero-order valence-electron chi connectivity index (χ0n) is 14.3. The van der Waals surface area contributed by atoms with Crippen LogP contribution in [0.5, 0.6) is 0 Å². The van der Waals surface area contributed by atoms with Gasteiger partial charge in [-0.25, -0.2) is 4.68 Å². The summed E-state index contributed by atoms with van der Waals surface area (Å²) in [6, 6.07) is 7.90. The number of benzene rings is 1. The Morgan fingerprint density at radius 1 is 1.28 bits per heavy atom. The number of amides is 2. The highest BCUT2D eigenvalue weighted by Gasteiger charge is 2.39. The highest BCUT2D eigenvalue weighted by Crippen LogP contribution is 2.30. The summed E-state index contributed by atoms with van der Waals surface area (Å²) in [5.41, 5.74) is 2.05. The van der Waals surface area contributed by atoms with Gasteiger partial charge in [0.05, 0.1) is 5.92 Å². The Labute approximate surface area is 146 Å². The SMILES string of the molecule is CCc1ccccc1N1C[C@@H](C(=O)N2CCCn3ncnc32)CC1=O. The third kappa shape index (κ3) is 2.69. The fourth-order valence-electron chi connectivity index (χ4n) is 3.71. The van der Waals surface area contributed by atoms with Crippen molar-refractivity contribution in [3.05, 3.63) is 36.2 Å². The maximum Gasteiger partial charge on any atom is 0.234 e. The predicted molar refractivity (Wildman–Crippen MR) is 93.3 cm³/mol. The lowest BCUT2D eigenvalue weighted by Crippen LogP contribution is -2.42. The van der Waals surface area contributed by atoms with Crippen molar-refractivity contribution < 1.29 is 9.59 Å². The van der Waals surface area contributed by atoms with Crippen LogP contribution in [0.15, 0.2) is 30.6 Å². The van der Waals surface area contributed by atoms with Crippen LogP contribution in [0, 0.1) is 5.92 Å². The molecule has 2 amide bonds. The van der Waals surface area contributed by atoms with Gasteiger partial charge in [0.2, 0.25) is 17.8 Å². The van der Waals surface area contributed by atoms with E-state index in [-0.39, 0.29) is 24.2 Å². The molecule has 2 aromatic rings. The summed E-state index contributed by atoms with van der Waals surface area (Å²) in [4.78, 5) is 33.2. The molecule has 2 aliphatic rings. The van der Waals surface area contributed by atoms with Crippen molar-refractivity contribution in [2.75, 3.05) is 22.9 Å². The molecule has 0 radical (unpaired) electrons. The van der Waals surface area contributed by atoms with E-state index in [9.17, 15) is 9.59 Å². The van der Waals surface area contributed by atoms with Gasteiger partial charge in [-0.15, -0.1) is 0 Å². The lowest BCUT2D eigenvalue weighted by Gasteiger charge is -2.28. The van der Waals surface area contributed by atoms with Gasteiger partial charge in [0, 0.05) is 31.7 Å². The number of hydrogen-bond acceptors (Lipinski definition) is 4. The van der Waals surface area contributed by atoms with Gasteiger partial charge in [0.1, 0.15) is 6.33 Å². The van der Waals surface area contributed by atoms with Crippen molar-refractivity contribution in [1.82, 2.24) is 14.8 Å². The average Bonchev–Trinajstić information content (AvgIpc) is 3.27. The summed E-state index contributed by atoms with van der Waals surface area (Å²) < 4.78 is 1.75. The quantitative estimate of drug-likeness (QED) is 0.852. The Morgan fingerprint density at radius 2 is 2.12 bits per heavy atom. The highest BCUT2D eigenvalue weighted by molar-refractivity contribution is 6.04. The standard InChI is InChI=1S/C18H21N5O2/c1-2-13-6-3-4-7-15(13)22-11-14(10-16(22)24)17(25)21-8-5-9-23-18(21)19-12-20-23/h3-4,6-7,12,14H,2,5,8-11H2,1H3/t14-/m0/s1. The van der Waals surface area contributed by atoms with E-state index in [0.717, 1.165) is 30.6 Å². The second-order valence-corrected chi connectivity index (χ2v) is 6.51. The van der Waals surface area contributed by atoms with Crippen molar-refractivity contribution in [1.29, 1.82) is 0 Å². The van der Waals surface area contributed by atoms with E-state index in [0.29, 0.717) is 19.0 Å². The number of para-hydroxylation sites is 1. The van der Waals surface area contributed by atoms with E-state index in [1.54, 1.807) is 14.5 Å². The van der Waals surface area contributed by atoms with Crippen molar-refractivity contribution in [3.8, 4) is 0 Å². The maximum absolute atomic E-state index is 13.0. The summed E-state index contributed by atoms with van der Waals surface area (Å²) in [6.45, 7) is 3.91. The zero-order chi connectivity index (χ0) is 17.4. The first-order chi connectivity index (χ1) is 12.2. The monoisotopic (exact) mass is 339 g/mol. The maximum atomic E-state index is 13.0. The number of hydrogen-bond donors (Lipinski definition) is 0. The third-order valence-electron chi connectivity index (χ3n) is 4.99. The van der Waals surface area contributed by atoms with E-state index in [2.05, 4.69) is 17.0 Å². The normalized spacial score (nSPS) is 20.0. The summed E-state index contributed by atoms with van der Waals surface area (Å²) in [6.07, 6.45) is 3.44. The second kappa shape index (κ2) is 6.31. The van der Waals surface area contributed by atoms with Crippen molar-refractivity contribution in [2.24, 2.45) is 5.92 Å². The van der Waals surface area contributed by atoms with Crippen LogP contribution in [-0.4, -0.2) is 39.7 Å². The minimum Gasteiger partial charge on any atom is -0.311 e. The molecule has 1 aromatic heterocycles. The van der Waals surface area contributed by atoms with Crippen LogP contribution < -0.4 is 9.80 Å². The number of anilines is 2. The lowest BCUT2D eigenvalue weighted by molar-refractivity contribution is -0.124. The Balaban J connectivity index is 1.56. The smallest absolute Gasteiger partial charge is 0.234 e. The molecule has 25 heavy (non-hydrogen) atoms. The molecule has 2 aliphatic heterocycles. The van der Waals surface area contributed by atoms with E-state index >= 15 is 0 Å². The molecule has 7 heteroatoms. The second-order valence-electron chi connectivity index (χ2n) is 6.51. The van der Waals surface area contributed by atoms with E-state index < -0.39 is 0 Å². The molecule has 1 saturated heterocycles. The molecule has 1 fully saturated rings. The van der Waals surface area contributed by atoms with Gasteiger partial charge in [-0.1, -0.05) is 25.1 Å². The largest absolute Gasteiger partial charge is 0.311 e. The highest BCUT2D eigenvalue weighted by atomic mass is 16.2. The zero-order valence-corrected chi connectivity index (χ0v) is 14.3. The van der Waals surface area contributed by atoms with Gasteiger partial charge in [0.15, 0.2) is 0 Å². The Hall–Kier alpha value is -2.70. The number of aryl methyl sites for hydroxylation is 2. The van der Waals surface area contributed by atoms with Crippen molar-refractivity contribution >= 4 is 23.5 Å². The van der Waals surface area contributed by atoms with Gasteiger partial charge in [-0.3, -0.25) is 14.5 Å². The molecule has 0 saturated carbocycles. The molecular formula is C18H21N5O2. The van der Waals surface area contributed by atoms with Crippen LogP contribution >= 0.6 is 0 Å². The van der Waals surface area contributed by atoms with Gasteiger partial charge in [-0.05, 0) is 24.5 Å². The number of nitrogens with zero attached hydrogens (tertiary/aromatic N) is 5. The van der Waals surface area contributed by atoms with Gasteiger partial charge in [0.25, 0.3) is 0 Å². The van der Waals surface area contributed by atoms with Crippen molar-refractivity contribution in [2.45, 2.75) is 32.7 Å². The van der Waals surface area contributed by atoms with Crippen LogP contribution in [0.1, 0.15) is 25.3 Å². The topological polar surface area (TPSA) is 71.3 Å². The van der Waals surface area contributed by atoms with Crippen molar-refractivity contribution in [3.63, 3.8) is 0 Å². The van der Waals surface area contributed by atoms with E-state index in [1.165, 1.54) is 6.33 Å². The molecule has 7 nitrogen and oxygen atoms in total. The van der Waals surface area contributed by atoms with Crippen LogP contribution in [0.3, 0.4) is 0 Å².